The number of benzene rings is 1. The van der Waals surface area contributed by atoms with E-state index < -0.39 is 11.1 Å². The van der Waals surface area contributed by atoms with E-state index in [1.807, 2.05) is 12.1 Å². The number of ketones is 1. The van der Waals surface area contributed by atoms with Gasteiger partial charge in [-0.25, -0.2) is 0 Å². The Morgan fingerprint density at radius 1 is 1.35 bits per heavy atom. The Hall–Kier alpha value is -2.08. The summed E-state index contributed by atoms with van der Waals surface area (Å²) in [6.45, 7) is 1.15. The van der Waals surface area contributed by atoms with Crippen LogP contribution in [0.4, 0.5) is 4.79 Å². The molecule has 1 saturated heterocycles. The molecule has 0 aromatic heterocycles. The standard InChI is InChI=1S/C14H13NO4S/c1-9(16)8-15-13(17)12(20-14(15)18)7-10-5-3-4-6-11(10)19-2/h3-7H,8H2,1-2H3/b12-7-. The second kappa shape index (κ2) is 5.92. The third-order valence-electron chi connectivity index (χ3n) is 2.68. The first-order valence-electron chi connectivity index (χ1n) is 5.90. The number of amides is 2. The van der Waals surface area contributed by atoms with Gasteiger partial charge in [-0.15, -0.1) is 0 Å². The van der Waals surface area contributed by atoms with E-state index in [-0.39, 0.29) is 12.3 Å². The van der Waals surface area contributed by atoms with E-state index in [2.05, 4.69) is 0 Å². The Labute approximate surface area is 120 Å². The Kier molecular flexibility index (Phi) is 4.24. The Balaban J connectivity index is 2.30. The van der Waals surface area contributed by atoms with E-state index in [4.69, 9.17) is 4.74 Å². The van der Waals surface area contributed by atoms with E-state index in [1.165, 1.54) is 14.0 Å². The molecule has 5 nitrogen and oxygen atoms in total. The van der Waals surface area contributed by atoms with Crippen LogP contribution < -0.4 is 4.74 Å². The van der Waals surface area contributed by atoms with E-state index in [9.17, 15) is 14.4 Å². The summed E-state index contributed by atoms with van der Waals surface area (Å²) in [7, 11) is 1.54. The van der Waals surface area contributed by atoms with Crippen molar-refractivity contribution in [1.29, 1.82) is 0 Å². The van der Waals surface area contributed by atoms with Crippen LogP contribution >= 0.6 is 11.8 Å². The van der Waals surface area contributed by atoms with Gasteiger partial charge in [0.2, 0.25) is 0 Å². The largest absolute Gasteiger partial charge is 0.496 e. The van der Waals surface area contributed by atoms with Crippen LogP contribution in [0.1, 0.15) is 12.5 Å². The molecule has 0 aliphatic carbocycles. The number of rotatable bonds is 4. The molecule has 1 heterocycles. The van der Waals surface area contributed by atoms with Crippen LogP contribution in [0.5, 0.6) is 5.75 Å². The van der Waals surface area contributed by atoms with Crippen LogP contribution in [0.25, 0.3) is 6.08 Å². The maximum Gasteiger partial charge on any atom is 0.293 e. The van der Waals surface area contributed by atoms with E-state index in [1.54, 1.807) is 18.2 Å². The van der Waals surface area contributed by atoms with Gasteiger partial charge in [-0.2, -0.15) is 0 Å². The van der Waals surface area contributed by atoms with Gasteiger partial charge in [0.15, 0.2) is 0 Å². The number of carbonyl (C=O) groups excluding carboxylic acids is 3. The number of ether oxygens (including phenoxy) is 1. The van der Waals surface area contributed by atoms with Gasteiger partial charge in [-0.3, -0.25) is 19.3 Å². The van der Waals surface area contributed by atoms with Crippen LogP contribution in [-0.2, 0) is 9.59 Å². The number of hydrogen-bond acceptors (Lipinski definition) is 5. The van der Waals surface area contributed by atoms with Crippen molar-refractivity contribution < 1.29 is 19.1 Å². The number of Topliss-reactive ketones (excluding diaryl/α,β-unsaturated/α-hetero) is 1. The number of thioether (sulfide) groups is 1. The van der Waals surface area contributed by atoms with Crippen LogP contribution in [0.3, 0.4) is 0 Å². The molecule has 20 heavy (non-hydrogen) atoms. The predicted molar refractivity (Wildman–Crippen MR) is 76.4 cm³/mol. The topological polar surface area (TPSA) is 63.7 Å². The van der Waals surface area contributed by atoms with Gasteiger partial charge < -0.3 is 4.74 Å². The van der Waals surface area contributed by atoms with Gasteiger partial charge in [-0.1, -0.05) is 18.2 Å². The third-order valence-corrected chi connectivity index (χ3v) is 3.59. The zero-order chi connectivity index (χ0) is 14.7. The van der Waals surface area contributed by atoms with Gasteiger partial charge in [0.25, 0.3) is 11.1 Å². The molecule has 0 spiro atoms. The third kappa shape index (κ3) is 2.91. The van der Waals surface area contributed by atoms with Gasteiger partial charge in [0.05, 0.1) is 18.6 Å². The summed E-state index contributed by atoms with van der Waals surface area (Å²) in [6.07, 6.45) is 1.60. The van der Waals surface area contributed by atoms with Crippen molar-refractivity contribution in [1.82, 2.24) is 4.90 Å². The average Bonchev–Trinajstić information content (AvgIpc) is 2.67. The number of hydrogen-bond donors (Lipinski definition) is 0. The van der Waals surface area contributed by atoms with Crippen molar-refractivity contribution >= 4 is 34.8 Å². The lowest BCUT2D eigenvalue weighted by molar-refractivity contribution is -0.127. The molecule has 104 valence electrons. The fourth-order valence-corrected chi connectivity index (χ4v) is 2.62. The molecule has 0 unspecified atom stereocenters. The molecule has 6 heteroatoms. The highest BCUT2D eigenvalue weighted by molar-refractivity contribution is 8.18. The summed E-state index contributed by atoms with van der Waals surface area (Å²) in [6, 6.07) is 7.19. The second-order valence-electron chi connectivity index (χ2n) is 4.21. The van der Waals surface area contributed by atoms with Gasteiger partial charge in [0.1, 0.15) is 11.5 Å². The zero-order valence-corrected chi connectivity index (χ0v) is 11.9. The van der Waals surface area contributed by atoms with E-state index >= 15 is 0 Å². The highest BCUT2D eigenvalue weighted by Crippen LogP contribution is 2.33. The first-order valence-corrected chi connectivity index (χ1v) is 6.72. The lowest BCUT2D eigenvalue weighted by atomic mass is 10.2. The number of methoxy groups -OCH3 is 1. The summed E-state index contributed by atoms with van der Waals surface area (Å²) in [5.41, 5.74) is 0.711. The van der Waals surface area contributed by atoms with Crippen LogP contribution in [0.15, 0.2) is 29.2 Å². The molecule has 0 N–H and O–H groups in total. The molecule has 0 radical (unpaired) electrons. The number of nitrogens with zero attached hydrogens (tertiary/aromatic N) is 1. The first kappa shape index (κ1) is 14.3. The van der Waals surface area contributed by atoms with Crippen LogP contribution in [0.2, 0.25) is 0 Å². The molecule has 1 fully saturated rings. The quantitative estimate of drug-likeness (QED) is 0.797. The number of imide groups is 1. The van der Waals surface area contributed by atoms with Crippen LogP contribution in [-0.4, -0.2) is 35.5 Å². The van der Waals surface area contributed by atoms with Gasteiger partial charge in [0, 0.05) is 5.56 Å². The van der Waals surface area contributed by atoms with Crippen molar-refractivity contribution in [2.24, 2.45) is 0 Å². The monoisotopic (exact) mass is 291 g/mol. The fraction of sp³-hybridized carbons (Fsp3) is 0.214. The highest BCUT2D eigenvalue weighted by Gasteiger charge is 2.35. The Morgan fingerprint density at radius 2 is 2.05 bits per heavy atom. The molecule has 1 aliphatic rings. The number of carbonyl (C=O) groups is 3. The maximum atomic E-state index is 12.1. The summed E-state index contributed by atoms with van der Waals surface area (Å²) in [5.74, 6) is -0.0576. The summed E-state index contributed by atoms with van der Waals surface area (Å²) in [4.78, 5) is 36.1. The lowest BCUT2D eigenvalue weighted by Crippen LogP contribution is -2.32. The highest BCUT2D eigenvalue weighted by atomic mass is 32.2. The first-order chi connectivity index (χ1) is 9.52. The fourth-order valence-electron chi connectivity index (χ4n) is 1.79. The molecule has 1 aliphatic heterocycles. The molecular formula is C14H13NO4S. The zero-order valence-electron chi connectivity index (χ0n) is 11.1. The minimum atomic E-state index is -0.443. The van der Waals surface area contributed by atoms with Crippen molar-refractivity contribution in [3.63, 3.8) is 0 Å². The minimum absolute atomic E-state index is 0.187. The molecule has 2 rings (SSSR count). The normalized spacial score (nSPS) is 16.9. The SMILES string of the molecule is COc1ccccc1/C=C1\SC(=O)N(CC(C)=O)C1=O. The van der Waals surface area contributed by atoms with Crippen molar-refractivity contribution in [3.8, 4) is 5.75 Å². The average molecular weight is 291 g/mol. The Morgan fingerprint density at radius 3 is 2.70 bits per heavy atom. The van der Waals surface area contributed by atoms with Gasteiger partial charge in [-0.05, 0) is 30.8 Å². The maximum absolute atomic E-state index is 12.1. The Bertz CT molecular complexity index is 609. The smallest absolute Gasteiger partial charge is 0.293 e. The molecule has 2 amide bonds. The predicted octanol–water partition coefficient (Wildman–Crippen LogP) is 2.32. The minimum Gasteiger partial charge on any atom is -0.496 e. The summed E-state index contributed by atoms with van der Waals surface area (Å²) in [5, 5.41) is -0.425. The molecule has 1 aromatic carbocycles. The van der Waals surface area contributed by atoms with E-state index in [0.29, 0.717) is 16.2 Å². The molecule has 0 saturated carbocycles. The van der Waals surface area contributed by atoms with Crippen LogP contribution in [0, 0.1) is 0 Å². The molecular weight excluding hydrogens is 278 g/mol. The van der Waals surface area contributed by atoms with Crippen molar-refractivity contribution in [2.45, 2.75) is 6.92 Å². The summed E-state index contributed by atoms with van der Waals surface area (Å²) >= 11 is 0.829. The number of para-hydroxylation sites is 1. The second-order valence-corrected chi connectivity index (χ2v) is 5.21. The van der Waals surface area contributed by atoms with Gasteiger partial charge >= 0.3 is 0 Å². The lowest BCUT2D eigenvalue weighted by Gasteiger charge is -2.09. The van der Waals surface area contributed by atoms with Crippen molar-refractivity contribution in [2.75, 3.05) is 13.7 Å². The molecule has 1 aromatic rings. The van der Waals surface area contributed by atoms with Crippen molar-refractivity contribution in [3.05, 3.63) is 34.7 Å². The van der Waals surface area contributed by atoms with E-state index in [0.717, 1.165) is 16.7 Å². The molecule has 0 bridgehead atoms. The summed E-state index contributed by atoms with van der Waals surface area (Å²) < 4.78 is 5.19. The molecule has 0 atom stereocenters.